The fraction of sp³-hybridized carbons (Fsp3) is 0.136. The van der Waals surface area contributed by atoms with Crippen molar-refractivity contribution >= 4 is 23.2 Å². The van der Waals surface area contributed by atoms with Crippen molar-refractivity contribution in [1.29, 1.82) is 0 Å². The van der Waals surface area contributed by atoms with E-state index in [0.29, 0.717) is 22.6 Å². The SMILES string of the molecule is CC(=O)c1ccc(NC(=O)c2ccnc(NCCc3ccccc3)c2)cc1. The lowest BCUT2D eigenvalue weighted by Crippen LogP contribution is -2.13. The van der Waals surface area contributed by atoms with Gasteiger partial charge in [0.05, 0.1) is 0 Å². The number of hydrogen-bond donors (Lipinski definition) is 2. The van der Waals surface area contributed by atoms with Gasteiger partial charge in [-0.15, -0.1) is 0 Å². The van der Waals surface area contributed by atoms with Crippen LogP contribution in [0.2, 0.25) is 0 Å². The van der Waals surface area contributed by atoms with E-state index in [9.17, 15) is 9.59 Å². The maximum absolute atomic E-state index is 12.4. The van der Waals surface area contributed by atoms with Gasteiger partial charge in [-0.3, -0.25) is 9.59 Å². The second-order valence-corrected chi connectivity index (χ2v) is 6.18. The second kappa shape index (κ2) is 8.76. The van der Waals surface area contributed by atoms with Gasteiger partial charge in [0.2, 0.25) is 0 Å². The van der Waals surface area contributed by atoms with Gasteiger partial charge in [0.1, 0.15) is 5.82 Å². The minimum absolute atomic E-state index is 0.00627. The largest absolute Gasteiger partial charge is 0.370 e. The number of pyridine rings is 1. The zero-order chi connectivity index (χ0) is 19.1. The van der Waals surface area contributed by atoms with Gasteiger partial charge in [0.25, 0.3) is 5.91 Å². The lowest BCUT2D eigenvalue weighted by atomic mass is 10.1. The molecule has 1 heterocycles. The number of benzene rings is 2. The third kappa shape index (κ3) is 5.25. The van der Waals surface area contributed by atoms with Crippen LogP contribution >= 0.6 is 0 Å². The summed E-state index contributed by atoms with van der Waals surface area (Å²) < 4.78 is 0. The Morgan fingerprint density at radius 3 is 2.37 bits per heavy atom. The Morgan fingerprint density at radius 1 is 0.926 bits per heavy atom. The first-order valence-corrected chi connectivity index (χ1v) is 8.78. The summed E-state index contributed by atoms with van der Waals surface area (Å²) in [7, 11) is 0. The highest BCUT2D eigenvalue weighted by Crippen LogP contribution is 2.13. The maximum atomic E-state index is 12.4. The van der Waals surface area contributed by atoms with Gasteiger partial charge in [-0.1, -0.05) is 30.3 Å². The summed E-state index contributed by atoms with van der Waals surface area (Å²) in [6, 6.07) is 20.4. The van der Waals surface area contributed by atoms with E-state index >= 15 is 0 Å². The molecule has 3 aromatic rings. The van der Waals surface area contributed by atoms with E-state index in [2.05, 4.69) is 27.8 Å². The average Bonchev–Trinajstić information content (AvgIpc) is 2.69. The number of anilines is 2. The molecule has 0 saturated carbocycles. The van der Waals surface area contributed by atoms with Crippen LogP contribution < -0.4 is 10.6 Å². The van der Waals surface area contributed by atoms with Gasteiger partial charge >= 0.3 is 0 Å². The van der Waals surface area contributed by atoms with Crippen LogP contribution in [0, 0.1) is 0 Å². The van der Waals surface area contributed by atoms with Crippen molar-refractivity contribution in [2.45, 2.75) is 13.3 Å². The number of carbonyl (C=O) groups excluding carboxylic acids is 2. The van der Waals surface area contributed by atoms with E-state index in [0.717, 1.165) is 13.0 Å². The number of carbonyl (C=O) groups is 2. The van der Waals surface area contributed by atoms with Gasteiger partial charge in [-0.05, 0) is 55.3 Å². The number of nitrogens with one attached hydrogen (secondary N) is 2. The van der Waals surface area contributed by atoms with E-state index in [4.69, 9.17) is 0 Å². The van der Waals surface area contributed by atoms with Crippen molar-refractivity contribution in [3.8, 4) is 0 Å². The first kappa shape index (κ1) is 18.3. The summed E-state index contributed by atoms with van der Waals surface area (Å²) in [6.45, 7) is 2.24. The summed E-state index contributed by atoms with van der Waals surface area (Å²) >= 11 is 0. The highest BCUT2D eigenvalue weighted by Gasteiger charge is 2.08. The molecular formula is C22H21N3O2. The van der Waals surface area contributed by atoms with Crippen LogP contribution in [0.15, 0.2) is 72.9 Å². The smallest absolute Gasteiger partial charge is 0.255 e. The second-order valence-electron chi connectivity index (χ2n) is 6.18. The minimum Gasteiger partial charge on any atom is -0.370 e. The summed E-state index contributed by atoms with van der Waals surface area (Å²) in [5, 5.41) is 6.07. The van der Waals surface area contributed by atoms with Crippen molar-refractivity contribution in [3.05, 3.63) is 89.6 Å². The Labute approximate surface area is 158 Å². The van der Waals surface area contributed by atoms with E-state index in [1.165, 1.54) is 12.5 Å². The molecule has 3 rings (SSSR count). The molecule has 27 heavy (non-hydrogen) atoms. The Kier molecular flexibility index (Phi) is 5.94. The Morgan fingerprint density at radius 2 is 1.67 bits per heavy atom. The summed E-state index contributed by atoms with van der Waals surface area (Å²) in [5.41, 5.74) is 3.01. The Bertz CT molecular complexity index is 922. The van der Waals surface area contributed by atoms with Gasteiger partial charge in [-0.2, -0.15) is 0 Å². The van der Waals surface area contributed by atoms with Gasteiger partial charge in [-0.25, -0.2) is 4.98 Å². The highest BCUT2D eigenvalue weighted by atomic mass is 16.1. The fourth-order valence-electron chi connectivity index (χ4n) is 2.64. The molecule has 0 bridgehead atoms. The number of nitrogens with zero attached hydrogens (tertiary/aromatic N) is 1. The monoisotopic (exact) mass is 359 g/mol. The van der Waals surface area contributed by atoms with E-state index < -0.39 is 0 Å². The molecule has 0 unspecified atom stereocenters. The number of ketones is 1. The fourth-order valence-corrected chi connectivity index (χ4v) is 2.64. The number of rotatable bonds is 7. The van der Waals surface area contributed by atoms with Crippen molar-refractivity contribution in [1.82, 2.24) is 4.98 Å². The lowest BCUT2D eigenvalue weighted by Gasteiger charge is -2.09. The molecule has 0 fully saturated rings. The molecular weight excluding hydrogens is 338 g/mol. The maximum Gasteiger partial charge on any atom is 0.255 e. The molecule has 136 valence electrons. The predicted molar refractivity (Wildman–Crippen MR) is 107 cm³/mol. The highest BCUT2D eigenvalue weighted by molar-refractivity contribution is 6.05. The minimum atomic E-state index is -0.223. The standard InChI is InChI=1S/C22H21N3O2/c1-16(26)18-7-9-20(10-8-18)25-22(27)19-12-14-24-21(15-19)23-13-11-17-5-3-2-4-6-17/h2-10,12,14-15H,11,13H2,1H3,(H,23,24)(H,25,27). The van der Waals surface area contributed by atoms with Crippen molar-refractivity contribution in [2.24, 2.45) is 0 Å². The van der Waals surface area contributed by atoms with Gasteiger partial charge in [0, 0.05) is 29.6 Å². The molecule has 5 heteroatoms. The molecule has 5 nitrogen and oxygen atoms in total. The van der Waals surface area contributed by atoms with Crippen molar-refractivity contribution < 1.29 is 9.59 Å². The van der Waals surface area contributed by atoms with Crippen molar-refractivity contribution in [3.63, 3.8) is 0 Å². The van der Waals surface area contributed by atoms with Crippen LogP contribution in [0.4, 0.5) is 11.5 Å². The molecule has 0 spiro atoms. The van der Waals surface area contributed by atoms with Crippen LogP contribution in [0.3, 0.4) is 0 Å². The van der Waals surface area contributed by atoms with Gasteiger partial charge < -0.3 is 10.6 Å². The predicted octanol–water partition coefficient (Wildman–Crippen LogP) is 4.19. The first-order valence-electron chi connectivity index (χ1n) is 8.78. The zero-order valence-corrected chi connectivity index (χ0v) is 15.1. The molecule has 0 radical (unpaired) electrons. The third-order valence-corrected chi connectivity index (χ3v) is 4.13. The van der Waals surface area contributed by atoms with E-state index in [1.54, 1.807) is 42.6 Å². The molecule has 1 amide bonds. The molecule has 2 N–H and O–H groups in total. The van der Waals surface area contributed by atoms with Gasteiger partial charge in [0.15, 0.2) is 5.78 Å². The molecule has 0 aliphatic rings. The number of Topliss-reactive ketones (excluding diaryl/α,β-unsaturated/α-hetero) is 1. The quantitative estimate of drug-likeness (QED) is 0.621. The van der Waals surface area contributed by atoms with Crippen LogP contribution in [0.1, 0.15) is 33.2 Å². The number of hydrogen-bond acceptors (Lipinski definition) is 4. The Balaban J connectivity index is 1.58. The Hall–Kier alpha value is -3.47. The molecule has 0 saturated heterocycles. The summed E-state index contributed by atoms with van der Waals surface area (Å²) in [6.07, 6.45) is 2.49. The topological polar surface area (TPSA) is 71.1 Å². The van der Waals surface area contributed by atoms with E-state index in [1.807, 2.05) is 18.2 Å². The molecule has 1 aromatic heterocycles. The molecule has 0 aliphatic heterocycles. The van der Waals surface area contributed by atoms with Crippen LogP contribution in [0.5, 0.6) is 0 Å². The van der Waals surface area contributed by atoms with Crippen LogP contribution in [-0.2, 0) is 6.42 Å². The molecule has 0 aliphatic carbocycles. The number of amides is 1. The van der Waals surface area contributed by atoms with E-state index in [-0.39, 0.29) is 11.7 Å². The molecule has 0 atom stereocenters. The summed E-state index contributed by atoms with van der Waals surface area (Å²) in [5.74, 6) is 0.429. The average molecular weight is 359 g/mol. The third-order valence-electron chi connectivity index (χ3n) is 4.13. The lowest BCUT2D eigenvalue weighted by molar-refractivity contribution is 0.101. The van der Waals surface area contributed by atoms with Crippen LogP contribution in [-0.4, -0.2) is 23.2 Å². The van der Waals surface area contributed by atoms with Crippen LogP contribution in [0.25, 0.3) is 0 Å². The van der Waals surface area contributed by atoms with Crippen molar-refractivity contribution in [2.75, 3.05) is 17.2 Å². The molecule has 2 aromatic carbocycles. The number of aromatic nitrogens is 1. The normalized spacial score (nSPS) is 10.3. The first-order chi connectivity index (χ1) is 13.1. The zero-order valence-electron chi connectivity index (χ0n) is 15.1. The summed E-state index contributed by atoms with van der Waals surface area (Å²) in [4.78, 5) is 28.0.